The normalized spacial score (nSPS) is 11.5. The maximum absolute atomic E-state index is 12.3. The molecule has 0 aliphatic heterocycles. The lowest BCUT2D eigenvalue weighted by Crippen LogP contribution is -2.18. The van der Waals surface area contributed by atoms with Gasteiger partial charge in [-0.15, -0.1) is 0 Å². The van der Waals surface area contributed by atoms with Crippen LogP contribution < -0.4 is 4.72 Å². The highest BCUT2D eigenvalue weighted by atomic mass is 32.2. The number of hydrogen-bond donors (Lipinski definition) is 1. The van der Waals surface area contributed by atoms with E-state index in [9.17, 15) is 8.42 Å². The number of nitrogens with one attached hydrogen (secondary N) is 1. The van der Waals surface area contributed by atoms with Crippen LogP contribution in [0.1, 0.15) is 5.56 Å². The van der Waals surface area contributed by atoms with E-state index < -0.39 is 10.0 Å². The summed E-state index contributed by atoms with van der Waals surface area (Å²) in [6.45, 7) is 0. The highest BCUT2D eigenvalue weighted by Gasteiger charge is 2.12. The highest BCUT2D eigenvalue weighted by molar-refractivity contribution is 7.92. The average Bonchev–Trinajstić information content (AvgIpc) is 2.54. The van der Waals surface area contributed by atoms with E-state index in [0.29, 0.717) is 17.6 Å². The Bertz CT molecular complexity index is 872. The van der Waals surface area contributed by atoms with E-state index >= 15 is 0 Å². The van der Waals surface area contributed by atoms with Gasteiger partial charge < -0.3 is 0 Å². The highest BCUT2D eigenvalue weighted by Crippen LogP contribution is 2.21. The summed E-state index contributed by atoms with van der Waals surface area (Å²) < 4.78 is 27.2. The molecule has 0 amide bonds. The van der Waals surface area contributed by atoms with Crippen LogP contribution in [0.2, 0.25) is 0 Å². The van der Waals surface area contributed by atoms with E-state index in [-0.39, 0.29) is 5.75 Å². The van der Waals surface area contributed by atoms with Gasteiger partial charge in [0, 0.05) is 11.6 Å². The van der Waals surface area contributed by atoms with Crippen LogP contribution in [0.15, 0.2) is 66.9 Å². The Labute approximate surface area is 129 Å². The summed E-state index contributed by atoms with van der Waals surface area (Å²) >= 11 is 0. The van der Waals surface area contributed by atoms with Crippen molar-refractivity contribution in [3.05, 3.63) is 72.4 Å². The second-order valence-corrected chi connectivity index (χ2v) is 6.88. The Kier molecular flexibility index (Phi) is 4.06. The molecule has 4 nitrogen and oxygen atoms in total. The van der Waals surface area contributed by atoms with E-state index in [2.05, 4.69) is 9.71 Å². The summed E-state index contributed by atoms with van der Waals surface area (Å²) in [4.78, 5) is 4.26. The number of pyridine rings is 1. The van der Waals surface area contributed by atoms with Crippen LogP contribution >= 0.6 is 0 Å². The molecule has 0 unspecified atom stereocenters. The zero-order valence-corrected chi connectivity index (χ0v) is 12.8. The van der Waals surface area contributed by atoms with Crippen LogP contribution in [0.4, 0.5) is 5.69 Å². The molecule has 2 aromatic carbocycles. The number of aryl methyl sites for hydroxylation is 1. The van der Waals surface area contributed by atoms with Gasteiger partial charge in [-0.05, 0) is 24.1 Å². The van der Waals surface area contributed by atoms with Crippen LogP contribution in [0.3, 0.4) is 0 Å². The summed E-state index contributed by atoms with van der Waals surface area (Å²) in [7, 11) is -3.41. The van der Waals surface area contributed by atoms with Crippen molar-refractivity contribution in [1.29, 1.82) is 0 Å². The third-order valence-electron chi connectivity index (χ3n) is 3.40. The number of aromatic nitrogens is 1. The molecule has 0 saturated heterocycles. The lowest BCUT2D eigenvalue weighted by Gasteiger charge is -2.10. The van der Waals surface area contributed by atoms with Crippen LogP contribution in [-0.4, -0.2) is 19.2 Å². The molecule has 0 aliphatic carbocycles. The predicted octanol–water partition coefficient (Wildman–Crippen LogP) is 3.22. The molecule has 0 fully saturated rings. The Morgan fingerprint density at radius 2 is 1.68 bits per heavy atom. The van der Waals surface area contributed by atoms with Crippen LogP contribution in [0.25, 0.3) is 10.9 Å². The first-order valence-corrected chi connectivity index (χ1v) is 8.67. The molecule has 0 saturated carbocycles. The van der Waals surface area contributed by atoms with E-state index in [1.165, 1.54) is 0 Å². The number of para-hydroxylation sites is 1. The van der Waals surface area contributed by atoms with E-state index in [1.807, 2.05) is 54.6 Å². The fraction of sp³-hybridized carbons (Fsp3) is 0.118. The van der Waals surface area contributed by atoms with Crippen molar-refractivity contribution in [3.63, 3.8) is 0 Å². The van der Waals surface area contributed by atoms with Gasteiger partial charge in [0.25, 0.3) is 0 Å². The second kappa shape index (κ2) is 6.15. The quantitative estimate of drug-likeness (QED) is 0.787. The number of benzene rings is 2. The summed E-state index contributed by atoms with van der Waals surface area (Å²) in [5, 5.41) is 0.908. The SMILES string of the molecule is O=S(=O)(CCc1ccccc1)Nc1cccc2cccnc12. The number of anilines is 1. The summed E-state index contributed by atoms with van der Waals surface area (Å²) in [5.74, 6) is 0.0419. The van der Waals surface area contributed by atoms with Crippen molar-refractivity contribution in [1.82, 2.24) is 4.98 Å². The molecule has 3 rings (SSSR count). The van der Waals surface area contributed by atoms with Gasteiger partial charge in [0.1, 0.15) is 0 Å². The third kappa shape index (κ3) is 3.43. The minimum atomic E-state index is -3.41. The summed E-state index contributed by atoms with van der Waals surface area (Å²) in [6, 6.07) is 18.8. The lowest BCUT2D eigenvalue weighted by molar-refractivity contribution is 0.600. The standard InChI is InChI=1S/C17H16N2O2S/c20-22(21,13-11-14-6-2-1-3-7-14)19-16-10-4-8-15-9-5-12-18-17(15)16/h1-10,12,19H,11,13H2. The molecule has 3 aromatic rings. The van der Waals surface area contributed by atoms with E-state index in [4.69, 9.17) is 0 Å². The minimum absolute atomic E-state index is 0.0419. The summed E-state index contributed by atoms with van der Waals surface area (Å²) in [5.41, 5.74) is 2.18. The molecule has 112 valence electrons. The molecular weight excluding hydrogens is 296 g/mol. The molecule has 1 heterocycles. The second-order valence-electron chi connectivity index (χ2n) is 5.04. The molecule has 1 aromatic heterocycles. The molecule has 5 heteroatoms. The number of hydrogen-bond acceptors (Lipinski definition) is 3. The number of sulfonamides is 1. The van der Waals surface area contributed by atoms with Gasteiger partial charge in [0.15, 0.2) is 0 Å². The number of nitrogens with zero attached hydrogens (tertiary/aromatic N) is 1. The van der Waals surface area contributed by atoms with Crippen molar-refractivity contribution < 1.29 is 8.42 Å². The Morgan fingerprint density at radius 1 is 0.909 bits per heavy atom. The van der Waals surface area contributed by atoms with Crippen molar-refractivity contribution in [3.8, 4) is 0 Å². The monoisotopic (exact) mass is 312 g/mol. The van der Waals surface area contributed by atoms with Gasteiger partial charge in [-0.3, -0.25) is 9.71 Å². The average molecular weight is 312 g/mol. The van der Waals surface area contributed by atoms with Crippen LogP contribution in [0, 0.1) is 0 Å². The number of fused-ring (bicyclic) bond motifs is 1. The number of rotatable bonds is 5. The molecule has 0 radical (unpaired) electrons. The van der Waals surface area contributed by atoms with Gasteiger partial charge in [-0.25, -0.2) is 8.42 Å². The van der Waals surface area contributed by atoms with Gasteiger partial charge in [0.05, 0.1) is 17.0 Å². The molecule has 22 heavy (non-hydrogen) atoms. The predicted molar refractivity (Wildman–Crippen MR) is 89.3 cm³/mol. The fourth-order valence-electron chi connectivity index (χ4n) is 2.30. The van der Waals surface area contributed by atoms with Gasteiger partial charge in [0.2, 0.25) is 10.0 Å². The van der Waals surface area contributed by atoms with Gasteiger partial charge >= 0.3 is 0 Å². The smallest absolute Gasteiger partial charge is 0.233 e. The Balaban J connectivity index is 1.78. The molecule has 0 atom stereocenters. The first-order valence-electron chi connectivity index (χ1n) is 7.02. The van der Waals surface area contributed by atoms with Crippen molar-refractivity contribution in [2.75, 3.05) is 10.5 Å². The fourth-order valence-corrected chi connectivity index (χ4v) is 3.41. The van der Waals surface area contributed by atoms with Crippen molar-refractivity contribution in [2.45, 2.75) is 6.42 Å². The van der Waals surface area contributed by atoms with E-state index in [1.54, 1.807) is 12.3 Å². The lowest BCUT2D eigenvalue weighted by atomic mass is 10.2. The topological polar surface area (TPSA) is 59.1 Å². The summed E-state index contributed by atoms with van der Waals surface area (Å²) in [6.07, 6.45) is 2.14. The van der Waals surface area contributed by atoms with Gasteiger partial charge in [-0.1, -0.05) is 48.5 Å². The first kappa shape index (κ1) is 14.5. The van der Waals surface area contributed by atoms with Crippen molar-refractivity contribution >= 4 is 26.6 Å². The minimum Gasteiger partial charge on any atom is -0.281 e. The van der Waals surface area contributed by atoms with Crippen LogP contribution in [-0.2, 0) is 16.4 Å². The van der Waals surface area contributed by atoms with Crippen LogP contribution in [0.5, 0.6) is 0 Å². The third-order valence-corrected chi connectivity index (χ3v) is 4.67. The zero-order valence-electron chi connectivity index (χ0n) is 11.9. The molecular formula is C17H16N2O2S. The molecule has 0 bridgehead atoms. The largest absolute Gasteiger partial charge is 0.281 e. The Morgan fingerprint density at radius 3 is 2.50 bits per heavy atom. The molecule has 1 N–H and O–H groups in total. The van der Waals surface area contributed by atoms with Gasteiger partial charge in [-0.2, -0.15) is 0 Å². The first-order chi connectivity index (χ1) is 10.6. The maximum atomic E-state index is 12.3. The zero-order chi connectivity index (χ0) is 15.4. The molecule has 0 aliphatic rings. The van der Waals surface area contributed by atoms with E-state index in [0.717, 1.165) is 10.9 Å². The van der Waals surface area contributed by atoms with Crippen molar-refractivity contribution in [2.24, 2.45) is 0 Å². The Hall–Kier alpha value is -2.40. The maximum Gasteiger partial charge on any atom is 0.233 e. The molecule has 0 spiro atoms.